The van der Waals surface area contributed by atoms with Crippen molar-refractivity contribution in [1.82, 2.24) is 19.9 Å². The number of anilines is 2. The Bertz CT molecular complexity index is 1940. The first-order valence-corrected chi connectivity index (χ1v) is 14.2. The number of pyridine rings is 2. The second kappa shape index (κ2) is 13.0. The topological polar surface area (TPSA) is 93.1 Å². The third-order valence-electron chi connectivity index (χ3n) is 6.66. The summed E-state index contributed by atoms with van der Waals surface area (Å²) in [7, 11) is 0. The van der Waals surface area contributed by atoms with Gasteiger partial charge in [-0.2, -0.15) is 0 Å². The van der Waals surface area contributed by atoms with Crippen molar-refractivity contribution in [3.05, 3.63) is 140 Å². The van der Waals surface area contributed by atoms with Gasteiger partial charge in [0.1, 0.15) is 17.1 Å². The van der Waals surface area contributed by atoms with Gasteiger partial charge in [0.2, 0.25) is 0 Å². The van der Waals surface area contributed by atoms with Gasteiger partial charge in [0, 0.05) is 35.9 Å². The molecule has 214 valence electrons. The van der Waals surface area contributed by atoms with E-state index < -0.39 is 0 Å². The average Bonchev–Trinajstić information content (AvgIpc) is 3.08. The number of rotatable bonds is 8. The number of ether oxygens (including phenoxy) is 1. The van der Waals surface area contributed by atoms with Crippen LogP contribution in [0.15, 0.2) is 134 Å². The van der Waals surface area contributed by atoms with Crippen molar-refractivity contribution in [2.45, 2.75) is 0 Å². The van der Waals surface area contributed by atoms with Crippen molar-refractivity contribution in [2.24, 2.45) is 0 Å². The van der Waals surface area contributed by atoms with Gasteiger partial charge in [-0.1, -0.05) is 36.4 Å². The first kappa shape index (κ1) is 28.3. The molecule has 0 atom stereocenters. The molecule has 0 bridgehead atoms. The van der Waals surface area contributed by atoms with Crippen LogP contribution in [0.5, 0.6) is 5.75 Å². The first-order valence-electron chi connectivity index (χ1n) is 13.8. The van der Waals surface area contributed by atoms with Crippen molar-refractivity contribution in [3.63, 3.8) is 0 Å². The van der Waals surface area contributed by atoms with E-state index in [1.807, 2.05) is 77.7 Å². The minimum atomic E-state index is -0.279. The summed E-state index contributed by atoms with van der Waals surface area (Å²) >= 11 is 5.55. The van der Waals surface area contributed by atoms with Crippen LogP contribution in [0.4, 0.5) is 11.4 Å². The summed E-state index contributed by atoms with van der Waals surface area (Å²) in [6.45, 7) is 4.31. The van der Waals surface area contributed by atoms with Crippen molar-refractivity contribution >= 4 is 45.7 Å². The molecule has 0 aliphatic rings. The highest BCUT2D eigenvalue weighted by Crippen LogP contribution is 2.30. The number of para-hydroxylation sites is 1. The van der Waals surface area contributed by atoms with E-state index in [2.05, 4.69) is 21.9 Å². The van der Waals surface area contributed by atoms with Crippen molar-refractivity contribution < 1.29 is 9.53 Å². The summed E-state index contributed by atoms with van der Waals surface area (Å²) in [5.41, 5.74) is 5.83. The quantitative estimate of drug-likeness (QED) is 0.144. The van der Waals surface area contributed by atoms with Crippen LogP contribution in [-0.4, -0.2) is 37.6 Å². The van der Waals surface area contributed by atoms with Crippen molar-refractivity contribution in [2.75, 3.05) is 16.8 Å². The first-order chi connectivity index (χ1) is 21.6. The lowest BCUT2D eigenvalue weighted by Gasteiger charge is -2.23. The number of thiocarbonyl (C=S) groups is 1. The maximum Gasteiger partial charge on any atom is 0.269 e. The lowest BCUT2D eigenvalue weighted by Crippen LogP contribution is -2.33. The van der Waals surface area contributed by atoms with E-state index in [4.69, 9.17) is 26.9 Å². The SMILES string of the molecule is C=CCN(C(=S)Oc1ccc(C(=O)Nc2ccc3nc(-c4ccccn4)c(-c4ccccn4)nc3c2)cc1)c1ccccc1. The van der Waals surface area contributed by atoms with E-state index in [9.17, 15) is 4.79 Å². The zero-order valence-electron chi connectivity index (χ0n) is 23.5. The van der Waals surface area contributed by atoms with Gasteiger partial charge in [-0.25, -0.2) is 9.97 Å². The summed E-state index contributed by atoms with van der Waals surface area (Å²) in [6.07, 6.45) is 5.19. The molecule has 44 heavy (non-hydrogen) atoms. The number of nitrogens with one attached hydrogen (secondary N) is 1. The third kappa shape index (κ3) is 6.33. The smallest absolute Gasteiger partial charge is 0.269 e. The molecule has 0 spiro atoms. The predicted octanol–water partition coefficient (Wildman–Crippen LogP) is 7.36. The van der Waals surface area contributed by atoms with Crippen LogP contribution < -0.4 is 15.0 Å². The van der Waals surface area contributed by atoms with E-state index in [1.54, 1.807) is 54.9 Å². The number of hydrogen-bond acceptors (Lipinski definition) is 7. The van der Waals surface area contributed by atoms with E-state index >= 15 is 0 Å². The van der Waals surface area contributed by atoms with Gasteiger partial charge in [0.05, 0.1) is 22.4 Å². The van der Waals surface area contributed by atoms with Crippen molar-refractivity contribution in [3.8, 4) is 28.5 Å². The van der Waals surface area contributed by atoms with E-state index in [1.165, 1.54) is 0 Å². The molecule has 0 aliphatic heterocycles. The van der Waals surface area contributed by atoms with E-state index in [-0.39, 0.29) is 11.1 Å². The zero-order valence-corrected chi connectivity index (χ0v) is 24.3. The number of benzene rings is 3. The molecule has 0 radical (unpaired) electrons. The van der Waals surface area contributed by atoms with Gasteiger partial charge in [-0.15, -0.1) is 6.58 Å². The molecule has 9 heteroatoms. The number of amides is 1. The molecule has 0 unspecified atom stereocenters. The Balaban J connectivity index is 1.20. The molecule has 1 amide bonds. The highest BCUT2D eigenvalue weighted by atomic mass is 32.1. The summed E-state index contributed by atoms with van der Waals surface area (Å²) in [6, 6.07) is 33.2. The monoisotopic (exact) mass is 594 g/mol. The molecule has 1 N–H and O–H groups in total. The molecule has 0 saturated heterocycles. The lowest BCUT2D eigenvalue weighted by molar-refractivity contribution is 0.102. The van der Waals surface area contributed by atoms with Crippen LogP contribution >= 0.6 is 12.2 Å². The maximum absolute atomic E-state index is 13.1. The Hall–Kier alpha value is -5.80. The van der Waals surface area contributed by atoms with Crippen LogP contribution in [0.25, 0.3) is 33.8 Å². The van der Waals surface area contributed by atoms with Crippen LogP contribution in [0.1, 0.15) is 10.4 Å². The Labute approximate surface area is 259 Å². The predicted molar refractivity (Wildman–Crippen MR) is 178 cm³/mol. The summed E-state index contributed by atoms with van der Waals surface area (Å²) in [5.74, 6) is 0.238. The zero-order chi connectivity index (χ0) is 30.3. The van der Waals surface area contributed by atoms with Crippen LogP contribution in [0, 0.1) is 0 Å². The number of carbonyl (C=O) groups excluding carboxylic acids is 1. The normalized spacial score (nSPS) is 10.6. The van der Waals surface area contributed by atoms with E-state index in [0.29, 0.717) is 57.4 Å². The second-order valence-corrected chi connectivity index (χ2v) is 9.98. The number of hydrogen-bond donors (Lipinski definition) is 1. The minimum Gasteiger partial charge on any atom is -0.432 e. The minimum absolute atomic E-state index is 0.279. The Morgan fingerprint density at radius 1 is 0.795 bits per heavy atom. The van der Waals surface area contributed by atoms with Gasteiger partial charge < -0.3 is 10.1 Å². The fourth-order valence-electron chi connectivity index (χ4n) is 4.55. The molecule has 3 aromatic carbocycles. The maximum atomic E-state index is 13.1. The largest absolute Gasteiger partial charge is 0.432 e. The molecule has 0 aliphatic carbocycles. The number of aromatic nitrogens is 4. The molecule has 6 rings (SSSR count). The average molecular weight is 595 g/mol. The van der Waals surface area contributed by atoms with Gasteiger partial charge in [-0.05, 0) is 91.1 Å². The Morgan fingerprint density at radius 2 is 1.43 bits per heavy atom. The van der Waals surface area contributed by atoms with Gasteiger partial charge >= 0.3 is 0 Å². The summed E-state index contributed by atoms with van der Waals surface area (Å²) in [5, 5.41) is 3.23. The highest BCUT2D eigenvalue weighted by molar-refractivity contribution is 7.80. The molecule has 0 fully saturated rings. The molecular weight excluding hydrogens is 568 g/mol. The molecular formula is C35H26N6O2S. The Morgan fingerprint density at radius 3 is 2.05 bits per heavy atom. The molecule has 8 nitrogen and oxygen atoms in total. The van der Waals surface area contributed by atoms with Crippen LogP contribution in [0.3, 0.4) is 0 Å². The van der Waals surface area contributed by atoms with Gasteiger partial charge in [-0.3, -0.25) is 19.7 Å². The highest BCUT2D eigenvalue weighted by Gasteiger charge is 2.17. The fraction of sp³-hybridized carbons (Fsp3) is 0.0286. The summed E-state index contributed by atoms with van der Waals surface area (Å²) in [4.78, 5) is 33.7. The second-order valence-electron chi connectivity index (χ2n) is 9.64. The van der Waals surface area contributed by atoms with Crippen molar-refractivity contribution in [1.29, 1.82) is 0 Å². The third-order valence-corrected chi connectivity index (χ3v) is 6.96. The van der Waals surface area contributed by atoms with Crippen LogP contribution in [0.2, 0.25) is 0 Å². The van der Waals surface area contributed by atoms with E-state index in [0.717, 1.165) is 5.69 Å². The molecule has 0 saturated carbocycles. The Kier molecular flexibility index (Phi) is 8.38. The van der Waals surface area contributed by atoms with Gasteiger partial charge in [0.15, 0.2) is 0 Å². The summed E-state index contributed by atoms with van der Waals surface area (Å²) < 4.78 is 5.93. The number of carbonyl (C=O) groups is 1. The number of nitrogens with zero attached hydrogens (tertiary/aromatic N) is 5. The molecule has 3 aromatic heterocycles. The standard InChI is InChI=1S/C35H26N6O2S/c1-2-22-41(26-10-4-3-5-11-26)35(44)43-27-17-14-24(15-18-27)34(42)38-25-16-19-28-31(23-25)40-33(30-13-7-9-21-37-30)32(39-28)29-12-6-8-20-36-29/h2-21,23H,1,22H2,(H,38,42). The van der Waals surface area contributed by atoms with Gasteiger partial charge in [0.25, 0.3) is 11.1 Å². The molecule has 3 heterocycles. The fourth-order valence-corrected chi connectivity index (χ4v) is 4.83. The molecule has 6 aromatic rings. The number of fused-ring (bicyclic) bond motifs is 1. The lowest BCUT2D eigenvalue weighted by atomic mass is 10.1. The van der Waals surface area contributed by atoms with Crippen LogP contribution in [-0.2, 0) is 0 Å².